The molecule has 0 aliphatic rings. The van der Waals surface area contributed by atoms with Gasteiger partial charge in [-0.05, 0) is 25.8 Å². The van der Waals surface area contributed by atoms with Gasteiger partial charge in [-0.15, -0.1) is 0 Å². The van der Waals surface area contributed by atoms with E-state index in [1.807, 2.05) is 49.1 Å². The zero-order valence-corrected chi connectivity index (χ0v) is 11.8. The number of ether oxygens (including phenoxy) is 1. The lowest BCUT2D eigenvalue weighted by Gasteiger charge is -2.31. The number of carbonyl (C=O) groups is 1. The molecule has 0 heterocycles. The monoisotopic (exact) mass is 249 g/mol. The van der Waals surface area contributed by atoms with Gasteiger partial charge in [-0.25, -0.2) is 0 Å². The van der Waals surface area contributed by atoms with Gasteiger partial charge in [0.05, 0.1) is 0 Å². The van der Waals surface area contributed by atoms with Gasteiger partial charge in [-0.2, -0.15) is 0 Å². The van der Waals surface area contributed by atoms with Crippen LogP contribution in [-0.2, 0) is 16.1 Å². The Bertz CT molecular complexity index is 373. The Morgan fingerprint density at radius 3 is 2.39 bits per heavy atom. The average molecular weight is 249 g/mol. The summed E-state index contributed by atoms with van der Waals surface area (Å²) in [7, 11) is 1.57. The predicted molar refractivity (Wildman–Crippen MR) is 73.2 cm³/mol. The first-order valence-corrected chi connectivity index (χ1v) is 6.39. The third-order valence-corrected chi connectivity index (χ3v) is 3.02. The number of benzene rings is 1. The van der Waals surface area contributed by atoms with Crippen molar-refractivity contribution >= 4 is 5.91 Å². The molecular weight excluding hydrogens is 226 g/mol. The van der Waals surface area contributed by atoms with Crippen LogP contribution in [0.1, 0.15) is 32.8 Å². The van der Waals surface area contributed by atoms with Crippen molar-refractivity contribution in [3.63, 3.8) is 0 Å². The van der Waals surface area contributed by atoms with Gasteiger partial charge in [0.2, 0.25) is 0 Å². The standard InChI is InChI=1S/C15H23NO2/c1-5-11-16(14(17)15(2,3)18-4)12-13-9-7-6-8-10-13/h6-10H,5,11-12H2,1-4H3. The predicted octanol–water partition coefficient (Wildman–Crippen LogP) is 2.85. The summed E-state index contributed by atoms with van der Waals surface area (Å²) in [5.41, 5.74) is 0.385. The van der Waals surface area contributed by atoms with Crippen molar-refractivity contribution in [3.8, 4) is 0 Å². The number of hydrogen-bond acceptors (Lipinski definition) is 2. The first-order chi connectivity index (χ1) is 8.51. The molecule has 0 aliphatic heterocycles. The molecule has 1 aromatic carbocycles. The average Bonchev–Trinajstić information content (AvgIpc) is 2.38. The van der Waals surface area contributed by atoms with Gasteiger partial charge in [-0.3, -0.25) is 4.79 Å². The van der Waals surface area contributed by atoms with Crippen molar-refractivity contribution in [1.82, 2.24) is 4.90 Å². The van der Waals surface area contributed by atoms with Crippen LogP contribution in [0.3, 0.4) is 0 Å². The highest BCUT2D eigenvalue weighted by Crippen LogP contribution is 2.15. The van der Waals surface area contributed by atoms with E-state index in [9.17, 15) is 4.79 Å². The van der Waals surface area contributed by atoms with Gasteiger partial charge in [0.25, 0.3) is 5.91 Å². The number of nitrogens with zero attached hydrogens (tertiary/aromatic N) is 1. The second-order valence-corrected chi connectivity index (χ2v) is 4.93. The molecule has 1 rings (SSSR count). The van der Waals surface area contributed by atoms with Crippen molar-refractivity contribution in [2.45, 2.75) is 39.3 Å². The van der Waals surface area contributed by atoms with E-state index in [1.165, 1.54) is 0 Å². The summed E-state index contributed by atoms with van der Waals surface area (Å²) in [5, 5.41) is 0. The lowest BCUT2D eigenvalue weighted by atomic mass is 10.1. The van der Waals surface area contributed by atoms with Crippen LogP contribution in [0.4, 0.5) is 0 Å². The third-order valence-electron chi connectivity index (χ3n) is 3.02. The lowest BCUT2D eigenvalue weighted by molar-refractivity contribution is -0.151. The number of carbonyl (C=O) groups excluding carboxylic acids is 1. The molecule has 1 amide bonds. The highest BCUT2D eigenvalue weighted by Gasteiger charge is 2.31. The topological polar surface area (TPSA) is 29.5 Å². The Labute approximate surface area is 110 Å². The molecule has 0 N–H and O–H groups in total. The highest BCUT2D eigenvalue weighted by atomic mass is 16.5. The van der Waals surface area contributed by atoms with Crippen molar-refractivity contribution in [1.29, 1.82) is 0 Å². The van der Waals surface area contributed by atoms with E-state index in [1.54, 1.807) is 7.11 Å². The summed E-state index contributed by atoms with van der Waals surface area (Å²) in [6.07, 6.45) is 0.943. The molecule has 0 aliphatic carbocycles. The zero-order valence-electron chi connectivity index (χ0n) is 11.8. The van der Waals surface area contributed by atoms with Crippen molar-refractivity contribution in [3.05, 3.63) is 35.9 Å². The molecule has 1 aromatic rings. The van der Waals surface area contributed by atoms with E-state index in [0.29, 0.717) is 6.54 Å². The smallest absolute Gasteiger partial charge is 0.254 e. The second kappa shape index (κ2) is 6.55. The van der Waals surface area contributed by atoms with Gasteiger partial charge in [0.1, 0.15) is 5.60 Å². The number of amides is 1. The Morgan fingerprint density at radius 1 is 1.28 bits per heavy atom. The van der Waals surface area contributed by atoms with Crippen LogP contribution < -0.4 is 0 Å². The molecule has 0 saturated carbocycles. The summed E-state index contributed by atoms with van der Waals surface area (Å²) in [4.78, 5) is 14.3. The Kier molecular flexibility index (Phi) is 5.35. The van der Waals surface area contributed by atoms with Crippen LogP contribution in [0.15, 0.2) is 30.3 Å². The van der Waals surface area contributed by atoms with Gasteiger partial charge >= 0.3 is 0 Å². The number of rotatable bonds is 6. The zero-order chi connectivity index (χ0) is 13.6. The summed E-state index contributed by atoms with van der Waals surface area (Å²) in [6, 6.07) is 10.0. The summed E-state index contributed by atoms with van der Waals surface area (Å²) in [6.45, 7) is 7.08. The van der Waals surface area contributed by atoms with Crippen LogP contribution in [0.25, 0.3) is 0 Å². The number of hydrogen-bond donors (Lipinski definition) is 0. The minimum absolute atomic E-state index is 0.0377. The van der Waals surface area contributed by atoms with E-state index in [2.05, 4.69) is 6.92 Å². The quantitative estimate of drug-likeness (QED) is 0.776. The minimum atomic E-state index is -0.760. The SMILES string of the molecule is CCCN(Cc1ccccc1)C(=O)C(C)(C)OC. The molecular formula is C15H23NO2. The molecule has 0 saturated heterocycles. The Balaban J connectivity index is 2.80. The first kappa shape index (κ1) is 14.7. The maximum atomic E-state index is 12.4. The summed E-state index contributed by atoms with van der Waals surface area (Å²) in [5.74, 6) is 0.0377. The third kappa shape index (κ3) is 3.84. The Morgan fingerprint density at radius 2 is 1.89 bits per heavy atom. The fourth-order valence-corrected chi connectivity index (χ4v) is 1.79. The highest BCUT2D eigenvalue weighted by molar-refractivity contribution is 5.84. The van der Waals surface area contributed by atoms with E-state index in [0.717, 1.165) is 18.5 Å². The largest absolute Gasteiger partial charge is 0.369 e. The Hall–Kier alpha value is -1.35. The van der Waals surface area contributed by atoms with Crippen LogP contribution in [0.2, 0.25) is 0 Å². The summed E-state index contributed by atoms with van der Waals surface area (Å²) >= 11 is 0. The normalized spacial score (nSPS) is 11.3. The van der Waals surface area contributed by atoms with Gasteiger partial charge in [-0.1, -0.05) is 37.3 Å². The van der Waals surface area contributed by atoms with Gasteiger partial charge < -0.3 is 9.64 Å². The molecule has 3 heteroatoms. The van der Waals surface area contributed by atoms with E-state index < -0.39 is 5.60 Å². The van der Waals surface area contributed by atoms with Gasteiger partial charge in [0, 0.05) is 20.2 Å². The van der Waals surface area contributed by atoms with Crippen molar-refractivity contribution < 1.29 is 9.53 Å². The molecule has 18 heavy (non-hydrogen) atoms. The molecule has 0 fully saturated rings. The van der Waals surface area contributed by atoms with Crippen LogP contribution in [0, 0.1) is 0 Å². The summed E-state index contributed by atoms with van der Waals surface area (Å²) < 4.78 is 5.27. The molecule has 0 atom stereocenters. The van der Waals surface area contributed by atoms with Crippen LogP contribution >= 0.6 is 0 Å². The fraction of sp³-hybridized carbons (Fsp3) is 0.533. The van der Waals surface area contributed by atoms with E-state index in [4.69, 9.17) is 4.74 Å². The van der Waals surface area contributed by atoms with Crippen LogP contribution in [-0.4, -0.2) is 30.1 Å². The number of methoxy groups -OCH3 is 1. The van der Waals surface area contributed by atoms with E-state index >= 15 is 0 Å². The molecule has 0 aromatic heterocycles. The molecule has 0 unspecified atom stereocenters. The minimum Gasteiger partial charge on any atom is -0.369 e. The molecule has 0 radical (unpaired) electrons. The van der Waals surface area contributed by atoms with E-state index in [-0.39, 0.29) is 5.91 Å². The van der Waals surface area contributed by atoms with Gasteiger partial charge in [0.15, 0.2) is 0 Å². The molecule has 100 valence electrons. The second-order valence-electron chi connectivity index (χ2n) is 4.93. The van der Waals surface area contributed by atoms with Crippen molar-refractivity contribution in [2.24, 2.45) is 0 Å². The fourth-order valence-electron chi connectivity index (χ4n) is 1.79. The maximum Gasteiger partial charge on any atom is 0.254 e. The molecule has 0 spiro atoms. The van der Waals surface area contributed by atoms with Crippen LogP contribution in [0.5, 0.6) is 0 Å². The lowest BCUT2D eigenvalue weighted by Crippen LogP contribution is -2.46. The molecule has 0 bridgehead atoms. The van der Waals surface area contributed by atoms with Crippen molar-refractivity contribution in [2.75, 3.05) is 13.7 Å². The molecule has 3 nitrogen and oxygen atoms in total. The first-order valence-electron chi connectivity index (χ1n) is 6.39. The maximum absolute atomic E-state index is 12.4.